The zero-order valence-electron chi connectivity index (χ0n) is 9.99. The van der Waals surface area contributed by atoms with E-state index in [0.717, 1.165) is 30.6 Å². The third-order valence-corrected chi connectivity index (χ3v) is 3.38. The minimum absolute atomic E-state index is 0.272. The molecule has 0 radical (unpaired) electrons. The maximum absolute atomic E-state index is 5.96. The summed E-state index contributed by atoms with van der Waals surface area (Å²) in [6, 6.07) is 5.85. The van der Waals surface area contributed by atoms with E-state index in [1.165, 1.54) is 0 Å². The first-order valence-electron chi connectivity index (χ1n) is 5.88. The van der Waals surface area contributed by atoms with Gasteiger partial charge in [-0.15, -0.1) is 0 Å². The second-order valence-corrected chi connectivity index (χ2v) is 4.90. The summed E-state index contributed by atoms with van der Waals surface area (Å²) in [7, 11) is 1.65. The van der Waals surface area contributed by atoms with Crippen molar-refractivity contribution in [2.45, 2.75) is 38.0 Å². The van der Waals surface area contributed by atoms with E-state index in [9.17, 15) is 0 Å². The summed E-state index contributed by atoms with van der Waals surface area (Å²) in [4.78, 5) is 0. The van der Waals surface area contributed by atoms with Crippen LogP contribution in [-0.4, -0.2) is 19.3 Å². The van der Waals surface area contributed by atoms with Gasteiger partial charge in [-0.25, -0.2) is 0 Å². The van der Waals surface area contributed by atoms with Gasteiger partial charge in [0.2, 0.25) is 0 Å². The monoisotopic (exact) mass is 255 g/mol. The Morgan fingerprint density at radius 3 is 2.88 bits per heavy atom. The van der Waals surface area contributed by atoms with Crippen molar-refractivity contribution < 1.29 is 9.47 Å². The molecule has 0 aromatic heterocycles. The van der Waals surface area contributed by atoms with Gasteiger partial charge in [-0.3, -0.25) is 0 Å². The van der Waals surface area contributed by atoms with Crippen molar-refractivity contribution in [3.8, 4) is 5.75 Å². The number of hydrogen-bond donors (Lipinski definition) is 1. The van der Waals surface area contributed by atoms with E-state index < -0.39 is 0 Å². The molecule has 2 rings (SSSR count). The zero-order chi connectivity index (χ0) is 12.3. The number of rotatable bonds is 4. The molecule has 0 heterocycles. The lowest BCUT2D eigenvalue weighted by Crippen LogP contribution is -2.17. The van der Waals surface area contributed by atoms with Crippen molar-refractivity contribution in [1.29, 1.82) is 0 Å². The summed E-state index contributed by atoms with van der Waals surface area (Å²) in [5, 5.41) is 0.701. The van der Waals surface area contributed by atoms with Crippen LogP contribution >= 0.6 is 11.6 Å². The molecule has 1 aliphatic rings. The number of nitrogens with two attached hydrogens (primary N) is 1. The maximum atomic E-state index is 5.96. The molecule has 17 heavy (non-hydrogen) atoms. The van der Waals surface area contributed by atoms with Crippen LogP contribution in [-0.2, 0) is 11.3 Å². The molecule has 1 aliphatic carbocycles. The van der Waals surface area contributed by atoms with E-state index in [-0.39, 0.29) is 6.10 Å². The van der Waals surface area contributed by atoms with Gasteiger partial charge in [-0.2, -0.15) is 0 Å². The van der Waals surface area contributed by atoms with Crippen LogP contribution in [0.4, 0.5) is 0 Å². The fraction of sp³-hybridized carbons (Fsp3) is 0.538. The number of halogens is 1. The third kappa shape index (κ3) is 3.35. The number of benzene rings is 1. The van der Waals surface area contributed by atoms with Gasteiger partial charge in [0.15, 0.2) is 0 Å². The van der Waals surface area contributed by atoms with Crippen molar-refractivity contribution >= 4 is 11.6 Å². The standard InChI is InChI=1S/C13H18ClNO2/c1-16-13-5-2-10(14)6-9(13)8-17-12-4-3-11(15)7-12/h2,5-6,11-12H,3-4,7-8,15H2,1H3. The first-order valence-corrected chi connectivity index (χ1v) is 6.26. The second-order valence-electron chi connectivity index (χ2n) is 4.46. The quantitative estimate of drug-likeness (QED) is 0.900. The second kappa shape index (κ2) is 5.71. The van der Waals surface area contributed by atoms with Gasteiger partial charge in [0, 0.05) is 16.6 Å². The average Bonchev–Trinajstić information content (AvgIpc) is 2.73. The summed E-state index contributed by atoms with van der Waals surface area (Å²) in [5.41, 5.74) is 6.84. The van der Waals surface area contributed by atoms with Crippen LogP contribution in [0.25, 0.3) is 0 Å². The summed E-state index contributed by atoms with van der Waals surface area (Å²) in [6.45, 7) is 0.529. The van der Waals surface area contributed by atoms with Gasteiger partial charge in [0.05, 0.1) is 19.8 Å². The van der Waals surface area contributed by atoms with Gasteiger partial charge in [-0.05, 0) is 37.5 Å². The Morgan fingerprint density at radius 2 is 2.24 bits per heavy atom. The molecule has 0 saturated heterocycles. The number of hydrogen-bond acceptors (Lipinski definition) is 3. The molecule has 2 atom stereocenters. The first-order chi connectivity index (χ1) is 8.19. The summed E-state index contributed by atoms with van der Waals surface area (Å²) in [6.07, 6.45) is 3.32. The van der Waals surface area contributed by atoms with Crippen LogP contribution < -0.4 is 10.5 Å². The highest BCUT2D eigenvalue weighted by molar-refractivity contribution is 6.30. The van der Waals surface area contributed by atoms with Crippen molar-refractivity contribution in [2.75, 3.05) is 7.11 Å². The molecular weight excluding hydrogens is 238 g/mol. The fourth-order valence-electron chi connectivity index (χ4n) is 2.19. The normalized spacial score (nSPS) is 23.9. The smallest absolute Gasteiger partial charge is 0.124 e. The molecule has 1 fully saturated rings. The van der Waals surface area contributed by atoms with Gasteiger partial charge in [0.25, 0.3) is 0 Å². The predicted octanol–water partition coefficient (Wildman–Crippen LogP) is 2.75. The van der Waals surface area contributed by atoms with Gasteiger partial charge >= 0.3 is 0 Å². The molecule has 2 N–H and O–H groups in total. The maximum Gasteiger partial charge on any atom is 0.124 e. The van der Waals surface area contributed by atoms with E-state index in [1.54, 1.807) is 7.11 Å². The Balaban J connectivity index is 1.96. The molecular formula is C13H18ClNO2. The average molecular weight is 256 g/mol. The molecule has 0 spiro atoms. The lowest BCUT2D eigenvalue weighted by Gasteiger charge is -2.14. The summed E-state index contributed by atoms with van der Waals surface area (Å²) >= 11 is 5.96. The summed E-state index contributed by atoms with van der Waals surface area (Å²) in [5.74, 6) is 0.816. The molecule has 0 amide bonds. The molecule has 94 valence electrons. The Bertz CT molecular complexity index is 384. The van der Waals surface area contributed by atoms with Crippen LogP contribution in [0.3, 0.4) is 0 Å². The third-order valence-electron chi connectivity index (χ3n) is 3.14. The molecule has 1 aromatic rings. The van der Waals surface area contributed by atoms with Crippen LogP contribution in [0, 0.1) is 0 Å². The SMILES string of the molecule is COc1ccc(Cl)cc1COC1CCC(N)C1. The highest BCUT2D eigenvalue weighted by Gasteiger charge is 2.22. The minimum Gasteiger partial charge on any atom is -0.496 e. The van der Waals surface area contributed by atoms with Crippen LogP contribution in [0.5, 0.6) is 5.75 Å². The molecule has 2 unspecified atom stereocenters. The van der Waals surface area contributed by atoms with E-state index in [4.69, 9.17) is 26.8 Å². The Kier molecular flexibility index (Phi) is 4.26. The van der Waals surface area contributed by atoms with Crippen molar-refractivity contribution in [1.82, 2.24) is 0 Å². The zero-order valence-corrected chi connectivity index (χ0v) is 10.7. The van der Waals surface area contributed by atoms with Gasteiger partial charge in [0.1, 0.15) is 5.75 Å². The molecule has 1 aromatic carbocycles. The van der Waals surface area contributed by atoms with Crippen molar-refractivity contribution in [3.63, 3.8) is 0 Å². The lowest BCUT2D eigenvalue weighted by molar-refractivity contribution is 0.0438. The Labute approximate surface area is 107 Å². The van der Waals surface area contributed by atoms with Crippen LogP contribution in [0.2, 0.25) is 5.02 Å². The van der Waals surface area contributed by atoms with E-state index in [0.29, 0.717) is 17.7 Å². The van der Waals surface area contributed by atoms with Crippen LogP contribution in [0.15, 0.2) is 18.2 Å². The first kappa shape index (κ1) is 12.7. The molecule has 3 nitrogen and oxygen atoms in total. The van der Waals surface area contributed by atoms with Crippen LogP contribution in [0.1, 0.15) is 24.8 Å². The van der Waals surface area contributed by atoms with Gasteiger partial charge < -0.3 is 15.2 Å². The minimum atomic E-state index is 0.272. The highest BCUT2D eigenvalue weighted by atomic mass is 35.5. The topological polar surface area (TPSA) is 44.5 Å². The molecule has 0 bridgehead atoms. The number of methoxy groups -OCH3 is 1. The predicted molar refractivity (Wildman–Crippen MR) is 68.4 cm³/mol. The highest BCUT2D eigenvalue weighted by Crippen LogP contribution is 2.26. The van der Waals surface area contributed by atoms with E-state index >= 15 is 0 Å². The summed E-state index contributed by atoms with van der Waals surface area (Å²) < 4.78 is 11.1. The Hall–Kier alpha value is -0.770. The number of ether oxygens (including phenoxy) is 2. The van der Waals surface area contributed by atoms with Crippen molar-refractivity contribution in [2.24, 2.45) is 5.73 Å². The Morgan fingerprint density at radius 1 is 1.41 bits per heavy atom. The molecule has 0 aliphatic heterocycles. The molecule has 1 saturated carbocycles. The van der Waals surface area contributed by atoms with E-state index in [2.05, 4.69) is 0 Å². The fourth-order valence-corrected chi connectivity index (χ4v) is 2.39. The van der Waals surface area contributed by atoms with Gasteiger partial charge in [-0.1, -0.05) is 11.6 Å². The van der Waals surface area contributed by atoms with Crippen molar-refractivity contribution in [3.05, 3.63) is 28.8 Å². The lowest BCUT2D eigenvalue weighted by atomic mass is 10.2. The largest absolute Gasteiger partial charge is 0.496 e. The molecule has 4 heteroatoms. The van der Waals surface area contributed by atoms with E-state index in [1.807, 2.05) is 18.2 Å².